The maximum absolute atomic E-state index is 12.0. The molecule has 0 saturated carbocycles. The molecule has 4 rings (SSSR count). The minimum absolute atomic E-state index is 0.188. The van der Waals surface area contributed by atoms with Crippen LogP contribution in [0, 0.1) is 6.92 Å². The molecule has 0 atom stereocenters. The second-order valence-corrected chi connectivity index (χ2v) is 7.49. The predicted molar refractivity (Wildman–Crippen MR) is 102 cm³/mol. The number of methoxy groups -OCH3 is 1. The zero-order valence-corrected chi connectivity index (χ0v) is 16.2. The zero-order valence-electron chi connectivity index (χ0n) is 16.2. The lowest BCUT2D eigenvalue weighted by molar-refractivity contribution is -0.0391. The first-order valence-electron chi connectivity index (χ1n) is 9.42. The highest BCUT2D eigenvalue weighted by molar-refractivity contribution is 5.51. The summed E-state index contributed by atoms with van der Waals surface area (Å²) in [5, 5.41) is 15.2. The Morgan fingerprint density at radius 3 is 2.64 bits per heavy atom. The number of aryl methyl sites for hydroxylation is 1. The summed E-state index contributed by atoms with van der Waals surface area (Å²) in [6.07, 6.45) is 1.14. The van der Waals surface area contributed by atoms with E-state index in [-0.39, 0.29) is 18.9 Å². The Hall–Kier alpha value is -2.58. The quantitative estimate of drug-likeness (QED) is 0.828. The largest absolute Gasteiger partial charge is 0.496 e. The van der Waals surface area contributed by atoms with E-state index in [0.29, 0.717) is 38.2 Å². The Labute approximate surface area is 163 Å². The molecule has 2 aliphatic heterocycles. The number of aromatic nitrogens is 2. The smallest absolute Gasteiger partial charge is 0.266 e. The topological polar surface area (TPSA) is 86.1 Å². The van der Waals surface area contributed by atoms with E-state index in [4.69, 9.17) is 14.2 Å². The highest BCUT2D eigenvalue weighted by atomic mass is 16.7. The van der Waals surface area contributed by atoms with Crippen molar-refractivity contribution in [2.45, 2.75) is 38.5 Å². The summed E-state index contributed by atoms with van der Waals surface area (Å²) < 4.78 is 17.7. The molecule has 1 N–H and O–H groups in total. The van der Waals surface area contributed by atoms with Gasteiger partial charge in [0.25, 0.3) is 5.56 Å². The van der Waals surface area contributed by atoms with E-state index in [9.17, 15) is 9.90 Å². The van der Waals surface area contributed by atoms with Gasteiger partial charge in [-0.3, -0.25) is 9.69 Å². The van der Waals surface area contributed by atoms with Gasteiger partial charge >= 0.3 is 0 Å². The molecular formula is C20H25N3O5. The molecule has 0 unspecified atom stereocenters. The number of nitrogens with zero attached hydrogens (tertiary/aromatic N) is 3. The molecule has 0 radical (unpaired) electrons. The first-order valence-corrected chi connectivity index (χ1v) is 9.42. The molecular weight excluding hydrogens is 362 g/mol. The number of hydrogen-bond donors (Lipinski definition) is 1. The van der Waals surface area contributed by atoms with E-state index in [1.54, 1.807) is 13.2 Å². The van der Waals surface area contributed by atoms with Gasteiger partial charge in [0.05, 0.1) is 24.9 Å². The second-order valence-electron chi connectivity index (χ2n) is 7.49. The standard InChI is InChI=1S/C20H25N3O5/c1-14-3-4-19(24)23(21-14)12-20(25)5-7-22(8-6-20)11-15-9-17-18(28-13-27-17)10-16(15)26-2/h3-4,9-10,25H,5-8,11-13H2,1-2H3. The van der Waals surface area contributed by atoms with Gasteiger partial charge in [0.2, 0.25) is 6.79 Å². The third-order valence-corrected chi connectivity index (χ3v) is 5.40. The summed E-state index contributed by atoms with van der Waals surface area (Å²) in [5.41, 5.74) is 0.663. The Morgan fingerprint density at radius 1 is 1.21 bits per heavy atom. The summed E-state index contributed by atoms with van der Waals surface area (Å²) in [6, 6.07) is 6.99. The second kappa shape index (κ2) is 7.44. The molecule has 1 aromatic heterocycles. The van der Waals surface area contributed by atoms with Crippen molar-refractivity contribution >= 4 is 0 Å². The van der Waals surface area contributed by atoms with E-state index in [0.717, 1.165) is 22.8 Å². The van der Waals surface area contributed by atoms with E-state index in [2.05, 4.69) is 10.00 Å². The van der Waals surface area contributed by atoms with Gasteiger partial charge in [0, 0.05) is 37.3 Å². The number of rotatable bonds is 5. The van der Waals surface area contributed by atoms with E-state index in [1.165, 1.54) is 10.7 Å². The molecule has 28 heavy (non-hydrogen) atoms. The van der Waals surface area contributed by atoms with Gasteiger partial charge in [-0.05, 0) is 31.9 Å². The Balaban J connectivity index is 1.42. The fourth-order valence-corrected chi connectivity index (χ4v) is 3.75. The summed E-state index contributed by atoms with van der Waals surface area (Å²) in [4.78, 5) is 14.3. The Morgan fingerprint density at radius 2 is 1.93 bits per heavy atom. The van der Waals surface area contributed by atoms with Crippen LogP contribution in [0.4, 0.5) is 0 Å². The molecule has 0 bridgehead atoms. The maximum atomic E-state index is 12.0. The lowest BCUT2D eigenvalue weighted by atomic mass is 9.91. The number of likely N-dealkylation sites (tertiary alicyclic amines) is 1. The van der Waals surface area contributed by atoms with Crippen molar-refractivity contribution in [1.29, 1.82) is 0 Å². The normalized spacial score (nSPS) is 18.2. The summed E-state index contributed by atoms with van der Waals surface area (Å²) in [7, 11) is 1.64. The van der Waals surface area contributed by atoms with Crippen molar-refractivity contribution in [1.82, 2.24) is 14.7 Å². The number of fused-ring (bicyclic) bond motifs is 1. The number of hydrogen-bond acceptors (Lipinski definition) is 7. The number of aliphatic hydroxyl groups is 1. The highest BCUT2D eigenvalue weighted by Gasteiger charge is 2.34. The molecule has 1 aromatic carbocycles. The van der Waals surface area contributed by atoms with Gasteiger partial charge in [-0.15, -0.1) is 0 Å². The van der Waals surface area contributed by atoms with Crippen LogP contribution in [-0.2, 0) is 13.1 Å². The molecule has 1 fully saturated rings. The monoisotopic (exact) mass is 387 g/mol. The van der Waals surface area contributed by atoms with Gasteiger partial charge in [0.1, 0.15) is 5.75 Å². The maximum Gasteiger partial charge on any atom is 0.266 e. The average molecular weight is 387 g/mol. The van der Waals surface area contributed by atoms with Gasteiger partial charge in [-0.1, -0.05) is 0 Å². The minimum atomic E-state index is -0.930. The van der Waals surface area contributed by atoms with Crippen molar-refractivity contribution in [2.75, 3.05) is 27.0 Å². The van der Waals surface area contributed by atoms with Crippen LogP contribution in [0.2, 0.25) is 0 Å². The minimum Gasteiger partial charge on any atom is -0.496 e. The third-order valence-electron chi connectivity index (χ3n) is 5.40. The highest BCUT2D eigenvalue weighted by Crippen LogP contribution is 2.39. The number of benzene rings is 1. The summed E-state index contributed by atoms with van der Waals surface area (Å²) in [6.45, 7) is 4.41. The first kappa shape index (κ1) is 18.8. The van der Waals surface area contributed by atoms with Crippen LogP contribution >= 0.6 is 0 Å². The molecule has 2 aromatic rings. The fraction of sp³-hybridized carbons (Fsp3) is 0.500. The molecule has 8 heteroatoms. The molecule has 0 aliphatic carbocycles. The van der Waals surface area contributed by atoms with Gasteiger partial charge < -0.3 is 19.3 Å². The SMILES string of the molecule is COc1cc2c(cc1CN1CCC(O)(Cn3nc(C)ccc3=O)CC1)OCO2. The van der Waals surface area contributed by atoms with E-state index in [1.807, 2.05) is 19.1 Å². The molecule has 3 heterocycles. The zero-order chi connectivity index (χ0) is 19.7. The van der Waals surface area contributed by atoms with E-state index < -0.39 is 5.60 Å². The average Bonchev–Trinajstić information content (AvgIpc) is 3.13. The Bertz CT molecular complexity index is 919. The van der Waals surface area contributed by atoms with Crippen molar-refractivity contribution in [3.63, 3.8) is 0 Å². The predicted octanol–water partition coefficient (Wildman–Crippen LogP) is 1.32. The van der Waals surface area contributed by atoms with Crippen molar-refractivity contribution in [3.05, 3.63) is 45.9 Å². The third kappa shape index (κ3) is 3.83. The lowest BCUT2D eigenvalue weighted by Gasteiger charge is -2.38. The van der Waals surface area contributed by atoms with Crippen LogP contribution < -0.4 is 19.8 Å². The molecule has 1 saturated heterocycles. The van der Waals surface area contributed by atoms with Crippen molar-refractivity contribution < 1.29 is 19.3 Å². The van der Waals surface area contributed by atoms with Crippen LogP contribution in [0.3, 0.4) is 0 Å². The van der Waals surface area contributed by atoms with Crippen LogP contribution in [0.25, 0.3) is 0 Å². The molecule has 8 nitrogen and oxygen atoms in total. The first-order chi connectivity index (χ1) is 13.5. The van der Waals surface area contributed by atoms with Crippen LogP contribution in [-0.4, -0.2) is 52.4 Å². The Kier molecular flexibility index (Phi) is 4.99. The van der Waals surface area contributed by atoms with Crippen molar-refractivity contribution in [3.8, 4) is 17.2 Å². The molecule has 0 amide bonds. The summed E-state index contributed by atoms with van der Waals surface area (Å²) >= 11 is 0. The molecule has 150 valence electrons. The summed E-state index contributed by atoms with van der Waals surface area (Å²) in [5.74, 6) is 2.19. The number of ether oxygens (including phenoxy) is 3. The number of piperidine rings is 1. The van der Waals surface area contributed by atoms with Crippen LogP contribution in [0.15, 0.2) is 29.1 Å². The van der Waals surface area contributed by atoms with Gasteiger partial charge in [-0.2, -0.15) is 5.10 Å². The van der Waals surface area contributed by atoms with Crippen molar-refractivity contribution in [2.24, 2.45) is 0 Å². The van der Waals surface area contributed by atoms with Gasteiger partial charge in [-0.25, -0.2) is 4.68 Å². The molecule has 2 aliphatic rings. The fourth-order valence-electron chi connectivity index (χ4n) is 3.75. The van der Waals surface area contributed by atoms with E-state index >= 15 is 0 Å². The lowest BCUT2D eigenvalue weighted by Crippen LogP contribution is -2.48. The van der Waals surface area contributed by atoms with Crippen LogP contribution in [0.1, 0.15) is 24.1 Å². The van der Waals surface area contributed by atoms with Gasteiger partial charge in [0.15, 0.2) is 11.5 Å². The van der Waals surface area contributed by atoms with Crippen LogP contribution in [0.5, 0.6) is 17.2 Å². The molecule has 0 spiro atoms.